The van der Waals surface area contributed by atoms with Crippen LogP contribution in [-0.4, -0.2) is 43.9 Å². The number of hydrogen-bond donors (Lipinski definition) is 0. The first kappa shape index (κ1) is 21.9. The molecule has 10 heteroatoms. The molecule has 0 atom stereocenters. The van der Waals surface area contributed by atoms with E-state index in [2.05, 4.69) is 4.90 Å². The van der Waals surface area contributed by atoms with Crippen molar-refractivity contribution in [1.29, 1.82) is 0 Å². The van der Waals surface area contributed by atoms with Crippen LogP contribution in [0.2, 0.25) is 15.1 Å². The van der Waals surface area contributed by atoms with Crippen LogP contribution in [0.5, 0.6) is 0 Å². The average Bonchev–Trinajstić information content (AvgIpc) is 3.16. The molecule has 0 spiro atoms. The fraction of sp³-hybridized carbons (Fsp3) is 0.250. The van der Waals surface area contributed by atoms with E-state index in [-0.39, 0.29) is 4.90 Å². The molecular formula is C20H18Cl3N3O2S2. The standard InChI is InChI=1S/C20H18Cl3N3O2S2/c21-15-1-3-19(4-2-15)30(27,28)26-7-5-25(6-8-26)20-24-18(13-29-20)11-14-9-16(22)12-17(23)10-14/h1-4,9-10,12-13H,5-8,11H2. The van der Waals surface area contributed by atoms with E-state index in [4.69, 9.17) is 39.8 Å². The molecule has 1 aromatic heterocycles. The van der Waals surface area contributed by atoms with E-state index in [1.807, 2.05) is 17.5 Å². The molecule has 30 heavy (non-hydrogen) atoms. The Morgan fingerprint density at radius 3 is 2.17 bits per heavy atom. The maximum Gasteiger partial charge on any atom is 0.243 e. The quantitative estimate of drug-likeness (QED) is 0.481. The molecule has 1 aliphatic heterocycles. The summed E-state index contributed by atoms with van der Waals surface area (Å²) in [5.41, 5.74) is 1.94. The van der Waals surface area contributed by atoms with Crippen molar-refractivity contribution < 1.29 is 8.42 Å². The Kier molecular flexibility index (Phi) is 6.58. The van der Waals surface area contributed by atoms with Gasteiger partial charge in [-0.1, -0.05) is 34.8 Å². The Bertz CT molecular complexity index is 1120. The maximum absolute atomic E-state index is 12.8. The first-order chi connectivity index (χ1) is 14.3. The number of piperazine rings is 1. The SMILES string of the molecule is O=S(=O)(c1ccc(Cl)cc1)N1CCN(c2nc(Cc3cc(Cl)cc(Cl)c3)cs2)CC1. The second-order valence-corrected chi connectivity index (χ2v) is 11.0. The number of anilines is 1. The lowest BCUT2D eigenvalue weighted by Gasteiger charge is -2.33. The fourth-order valence-corrected chi connectivity index (χ4v) is 6.32. The van der Waals surface area contributed by atoms with Crippen molar-refractivity contribution in [3.63, 3.8) is 0 Å². The lowest BCUT2D eigenvalue weighted by atomic mass is 10.1. The number of thiazole rings is 1. The van der Waals surface area contributed by atoms with Gasteiger partial charge in [0.2, 0.25) is 10.0 Å². The number of halogens is 3. The second-order valence-electron chi connectivity index (χ2n) is 6.92. The zero-order chi connectivity index (χ0) is 21.3. The van der Waals surface area contributed by atoms with E-state index in [1.165, 1.54) is 4.31 Å². The molecule has 0 amide bonds. The summed E-state index contributed by atoms with van der Waals surface area (Å²) in [5.74, 6) is 0. The zero-order valence-corrected chi connectivity index (χ0v) is 19.7. The Labute approximate surface area is 194 Å². The van der Waals surface area contributed by atoms with Crippen molar-refractivity contribution in [3.8, 4) is 0 Å². The van der Waals surface area contributed by atoms with Gasteiger partial charge in [-0.25, -0.2) is 13.4 Å². The van der Waals surface area contributed by atoms with Gasteiger partial charge in [0, 0.05) is 53.0 Å². The van der Waals surface area contributed by atoms with E-state index in [1.54, 1.807) is 41.7 Å². The summed E-state index contributed by atoms with van der Waals surface area (Å²) in [6.45, 7) is 1.99. The van der Waals surface area contributed by atoms with Gasteiger partial charge in [-0.05, 0) is 48.0 Å². The smallest absolute Gasteiger partial charge is 0.243 e. The molecule has 3 aromatic rings. The third-order valence-electron chi connectivity index (χ3n) is 4.81. The highest BCUT2D eigenvalue weighted by molar-refractivity contribution is 7.89. The largest absolute Gasteiger partial charge is 0.345 e. The lowest BCUT2D eigenvalue weighted by Crippen LogP contribution is -2.48. The highest BCUT2D eigenvalue weighted by Gasteiger charge is 2.29. The first-order valence-electron chi connectivity index (χ1n) is 9.21. The molecule has 2 heterocycles. The van der Waals surface area contributed by atoms with Crippen LogP contribution < -0.4 is 4.90 Å². The number of sulfonamides is 1. The highest BCUT2D eigenvalue weighted by atomic mass is 35.5. The molecule has 0 aliphatic carbocycles. The maximum atomic E-state index is 12.8. The van der Waals surface area contributed by atoms with Crippen LogP contribution in [0.4, 0.5) is 5.13 Å². The van der Waals surface area contributed by atoms with Crippen molar-refractivity contribution in [2.24, 2.45) is 0 Å². The summed E-state index contributed by atoms with van der Waals surface area (Å²) in [5, 5.41) is 4.62. The van der Waals surface area contributed by atoms with Gasteiger partial charge in [-0.3, -0.25) is 0 Å². The van der Waals surface area contributed by atoms with Gasteiger partial charge in [-0.2, -0.15) is 4.31 Å². The third kappa shape index (κ3) is 4.93. The van der Waals surface area contributed by atoms with Crippen molar-refractivity contribution in [2.75, 3.05) is 31.1 Å². The zero-order valence-electron chi connectivity index (χ0n) is 15.8. The predicted molar refractivity (Wildman–Crippen MR) is 124 cm³/mol. The Balaban J connectivity index is 1.40. The fourth-order valence-electron chi connectivity index (χ4n) is 3.32. The minimum Gasteiger partial charge on any atom is -0.345 e. The summed E-state index contributed by atoms with van der Waals surface area (Å²) >= 11 is 19.6. The normalized spacial score (nSPS) is 15.5. The first-order valence-corrected chi connectivity index (χ1v) is 12.7. The van der Waals surface area contributed by atoms with Crippen molar-refractivity contribution in [3.05, 3.63) is 74.2 Å². The van der Waals surface area contributed by atoms with E-state index in [0.717, 1.165) is 16.4 Å². The molecule has 0 N–H and O–H groups in total. The minimum absolute atomic E-state index is 0.261. The highest BCUT2D eigenvalue weighted by Crippen LogP contribution is 2.27. The molecule has 0 radical (unpaired) electrons. The molecule has 2 aromatic carbocycles. The monoisotopic (exact) mass is 501 g/mol. The van der Waals surface area contributed by atoms with E-state index >= 15 is 0 Å². The molecule has 1 fully saturated rings. The molecule has 4 rings (SSSR count). The molecule has 1 saturated heterocycles. The number of rotatable bonds is 5. The van der Waals surface area contributed by atoms with Gasteiger partial charge in [-0.15, -0.1) is 11.3 Å². The molecule has 0 unspecified atom stereocenters. The molecule has 0 saturated carbocycles. The second kappa shape index (κ2) is 9.02. The number of aromatic nitrogens is 1. The van der Waals surface area contributed by atoms with Gasteiger partial charge in [0.15, 0.2) is 5.13 Å². The van der Waals surface area contributed by atoms with E-state index in [9.17, 15) is 8.42 Å². The van der Waals surface area contributed by atoms with Crippen LogP contribution >= 0.6 is 46.1 Å². The van der Waals surface area contributed by atoms with Crippen LogP contribution in [0.15, 0.2) is 52.7 Å². The molecule has 1 aliphatic rings. The van der Waals surface area contributed by atoms with Crippen molar-refractivity contribution in [2.45, 2.75) is 11.3 Å². The van der Waals surface area contributed by atoms with E-state index in [0.29, 0.717) is 47.7 Å². The topological polar surface area (TPSA) is 53.5 Å². The van der Waals surface area contributed by atoms with Crippen LogP contribution in [0.25, 0.3) is 0 Å². The van der Waals surface area contributed by atoms with E-state index < -0.39 is 10.0 Å². The van der Waals surface area contributed by atoms with Gasteiger partial charge in [0.25, 0.3) is 0 Å². The number of hydrogen-bond acceptors (Lipinski definition) is 5. The van der Waals surface area contributed by atoms with Crippen LogP contribution in [-0.2, 0) is 16.4 Å². The summed E-state index contributed by atoms with van der Waals surface area (Å²) in [7, 11) is -3.52. The van der Waals surface area contributed by atoms with Gasteiger partial charge in [0.1, 0.15) is 0 Å². The predicted octanol–water partition coefficient (Wildman–Crippen LogP) is 5.21. The molecular weight excluding hydrogens is 485 g/mol. The summed E-state index contributed by atoms with van der Waals surface area (Å²) in [6, 6.07) is 11.7. The van der Waals surface area contributed by atoms with Gasteiger partial charge in [0.05, 0.1) is 10.6 Å². The Hall–Kier alpha value is -1.35. The molecule has 5 nitrogen and oxygen atoms in total. The van der Waals surface area contributed by atoms with Crippen LogP contribution in [0.1, 0.15) is 11.3 Å². The van der Waals surface area contributed by atoms with Crippen molar-refractivity contribution in [1.82, 2.24) is 9.29 Å². The van der Waals surface area contributed by atoms with Crippen molar-refractivity contribution >= 4 is 61.3 Å². The Morgan fingerprint density at radius 2 is 1.53 bits per heavy atom. The molecule has 0 bridgehead atoms. The molecule has 158 valence electrons. The summed E-state index contributed by atoms with van der Waals surface area (Å²) in [4.78, 5) is 7.10. The minimum atomic E-state index is -3.52. The van der Waals surface area contributed by atoms with Gasteiger partial charge < -0.3 is 4.90 Å². The Morgan fingerprint density at radius 1 is 0.900 bits per heavy atom. The lowest BCUT2D eigenvalue weighted by molar-refractivity contribution is 0.384. The van der Waals surface area contributed by atoms with Gasteiger partial charge >= 0.3 is 0 Å². The van der Waals surface area contributed by atoms with Crippen LogP contribution in [0, 0.1) is 0 Å². The third-order valence-corrected chi connectivity index (χ3v) is 8.36. The van der Waals surface area contributed by atoms with Crippen LogP contribution in [0.3, 0.4) is 0 Å². The number of benzene rings is 2. The summed E-state index contributed by atoms with van der Waals surface area (Å²) < 4.78 is 27.2. The number of nitrogens with zero attached hydrogens (tertiary/aromatic N) is 3. The average molecular weight is 503 g/mol. The summed E-state index contributed by atoms with van der Waals surface area (Å²) in [6.07, 6.45) is 0.641.